The number of hydrogen-bond acceptors (Lipinski definition) is 5. The molecule has 2 aromatic heterocycles. The Hall–Kier alpha value is -1.92. The van der Waals surface area contributed by atoms with Gasteiger partial charge in [-0.1, -0.05) is 6.07 Å². The van der Waals surface area contributed by atoms with E-state index >= 15 is 0 Å². The Morgan fingerprint density at radius 3 is 2.85 bits per heavy atom. The molecule has 1 aliphatic heterocycles. The minimum atomic E-state index is 0.467. The van der Waals surface area contributed by atoms with Gasteiger partial charge in [-0.25, -0.2) is 4.98 Å². The molecule has 0 spiro atoms. The molecule has 1 saturated heterocycles. The maximum atomic E-state index is 5.22. The van der Waals surface area contributed by atoms with Crippen molar-refractivity contribution in [1.82, 2.24) is 25.0 Å². The number of methoxy groups -OCH3 is 1. The van der Waals surface area contributed by atoms with Crippen molar-refractivity contribution in [2.24, 2.45) is 13.0 Å². The number of ether oxygens (including phenoxy) is 1. The van der Waals surface area contributed by atoms with Crippen molar-refractivity contribution >= 4 is 0 Å². The number of aromatic nitrogens is 3. The summed E-state index contributed by atoms with van der Waals surface area (Å²) < 4.78 is 7.28. The lowest BCUT2D eigenvalue weighted by atomic mass is 9.86. The summed E-state index contributed by atoms with van der Waals surface area (Å²) in [6, 6.07) is 9.37. The second kappa shape index (κ2) is 7.76. The molecule has 2 atom stereocenters. The third kappa shape index (κ3) is 3.76. The molecule has 1 saturated carbocycles. The first-order valence-electron chi connectivity index (χ1n) is 9.70. The predicted molar refractivity (Wildman–Crippen MR) is 101 cm³/mol. The summed E-state index contributed by atoms with van der Waals surface area (Å²) in [6.45, 7) is 2.99. The van der Waals surface area contributed by atoms with Crippen molar-refractivity contribution in [1.29, 1.82) is 0 Å². The van der Waals surface area contributed by atoms with Crippen LogP contribution >= 0.6 is 0 Å². The molecule has 0 unspecified atom stereocenters. The number of piperidine rings is 1. The highest BCUT2D eigenvalue weighted by Crippen LogP contribution is 2.42. The zero-order valence-corrected chi connectivity index (χ0v) is 15.8. The van der Waals surface area contributed by atoms with E-state index in [-0.39, 0.29) is 0 Å². The van der Waals surface area contributed by atoms with Gasteiger partial charge in [-0.3, -0.25) is 9.58 Å². The molecular weight excluding hydrogens is 326 g/mol. The van der Waals surface area contributed by atoms with Gasteiger partial charge < -0.3 is 10.1 Å². The molecule has 4 rings (SSSR count). The fourth-order valence-corrected chi connectivity index (χ4v) is 4.27. The zero-order valence-electron chi connectivity index (χ0n) is 15.8. The SMILES string of the molecule is COc1cccc(CNC[C@@H]2CCCN(C3CC3)[C@H]2c2ccnn2C)n1. The number of nitrogens with one attached hydrogen (secondary N) is 1. The van der Waals surface area contributed by atoms with Gasteiger partial charge in [0.1, 0.15) is 0 Å². The number of hydrogen-bond donors (Lipinski definition) is 1. The van der Waals surface area contributed by atoms with Crippen LogP contribution in [0, 0.1) is 5.92 Å². The van der Waals surface area contributed by atoms with Gasteiger partial charge in [0.25, 0.3) is 0 Å². The van der Waals surface area contributed by atoms with E-state index in [9.17, 15) is 0 Å². The second-order valence-electron chi connectivity index (χ2n) is 7.50. The van der Waals surface area contributed by atoms with Crippen LogP contribution in [0.1, 0.15) is 43.1 Å². The molecule has 0 bridgehead atoms. The van der Waals surface area contributed by atoms with Gasteiger partial charge in [-0.05, 0) is 50.3 Å². The fraction of sp³-hybridized carbons (Fsp3) is 0.600. The largest absolute Gasteiger partial charge is 0.481 e. The molecule has 3 heterocycles. The van der Waals surface area contributed by atoms with E-state index in [4.69, 9.17) is 4.74 Å². The van der Waals surface area contributed by atoms with Crippen LogP contribution in [0.3, 0.4) is 0 Å². The van der Waals surface area contributed by atoms with E-state index < -0.39 is 0 Å². The number of nitrogens with zero attached hydrogens (tertiary/aromatic N) is 4. The first-order chi connectivity index (χ1) is 12.8. The summed E-state index contributed by atoms with van der Waals surface area (Å²) in [5.74, 6) is 1.28. The third-order valence-electron chi connectivity index (χ3n) is 5.68. The van der Waals surface area contributed by atoms with Gasteiger partial charge in [0, 0.05) is 38.4 Å². The molecule has 2 fully saturated rings. The van der Waals surface area contributed by atoms with Crippen molar-refractivity contribution < 1.29 is 4.74 Å². The number of rotatable bonds is 7. The highest BCUT2D eigenvalue weighted by atomic mass is 16.5. The van der Waals surface area contributed by atoms with E-state index in [1.807, 2.05) is 24.4 Å². The average Bonchev–Trinajstić information content (AvgIpc) is 3.43. The second-order valence-corrected chi connectivity index (χ2v) is 7.50. The number of pyridine rings is 1. The monoisotopic (exact) mass is 355 g/mol. The topological polar surface area (TPSA) is 55.2 Å². The Labute approximate surface area is 155 Å². The standard InChI is InChI=1S/C20H29N5O/c1-24-18(10-11-22-24)20-15(5-4-12-25(20)17-8-9-17)13-21-14-16-6-3-7-19(23-16)26-2/h3,6-7,10-11,15,17,20-21H,4-5,8-9,12-14H2,1-2H3/t15-,20+/m0/s1. The van der Waals surface area contributed by atoms with Gasteiger partial charge in [-0.15, -0.1) is 0 Å². The number of aryl methyl sites for hydroxylation is 1. The summed E-state index contributed by atoms with van der Waals surface area (Å²) in [6.07, 6.45) is 7.18. The highest BCUT2D eigenvalue weighted by molar-refractivity contribution is 5.16. The van der Waals surface area contributed by atoms with E-state index in [0.717, 1.165) is 24.8 Å². The molecular formula is C20H29N5O. The minimum absolute atomic E-state index is 0.467. The molecule has 0 radical (unpaired) electrons. The van der Waals surface area contributed by atoms with Crippen molar-refractivity contribution in [2.45, 2.75) is 44.3 Å². The summed E-state index contributed by atoms with van der Waals surface area (Å²) in [5.41, 5.74) is 2.37. The summed E-state index contributed by atoms with van der Waals surface area (Å²) in [7, 11) is 3.73. The first-order valence-corrected chi connectivity index (χ1v) is 9.70. The molecule has 1 N–H and O–H groups in total. The maximum Gasteiger partial charge on any atom is 0.213 e. The van der Waals surface area contributed by atoms with Crippen LogP contribution < -0.4 is 10.1 Å². The van der Waals surface area contributed by atoms with Crippen LogP contribution in [0.2, 0.25) is 0 Å². The Balaban J connectivity index is 1.44. The quantitative estimate of drug-likeness (QED) is 0.827. The molecule has 0 amide bonds. The van der Waals surface area contributed by atoms with Crippen molar-refractivity contribution in [3.05, 3.63) is 41.9 Å². The molecule has 6 nitrogen and oxygen atoms in total. The lowest BCUT2D eigenvalue weighted by Gasteiger charge is -2.42. The maximum absolute atomic E-state index is 5.22. The predicted octanol–water partition coefficient (Wildman–Crippen LogP) is 2.53. The summed E-state index contributed by atoms with van der Waals surface area (Å²) in [4.78, 5) is 7.23. The third-order valence-corrected chi connectivity index (χ3v) is 5.68. The van der Waals surface area contributed by atoms with Crippen molar-refractivity contribution in [2.75, 3.05) is 20.2 Å². The Kier molecular flexibility index (Phi) is 5.22. The summed E-state index contributed by atoms with van der Waals surface area (Å²) in [5, 5.41) is 8.07. The average molecular weight is 355 g/mol. The zero-order chi connectivity index (χ0) is 17.9. The fourth-order valence-electron chi connectivity index (χ4n) is 4.27. The first kappa shape index (κ1) is 17.5. The van der Waals surface area contributed by atoms with Gasteiger partial charge in [0.2, 0.25) is 5.88 Å². The van der Waals surface area contributed by atoms with Crippen molar-refractivity contribution in [3.8, 4) is 5.88 Å². The molecule has 1 aliphatic carbocycles. The van der Waals surface area contributed by atoms with Crippen LogP contribution in [-0.2, 0) is 13.6 Å². The molecule has 0 aromatic carbocycles. The molecule has 6 heteroatoms. The van der Waals surface area contributed by atoms with Crippen LogP contribution in [0.5, 0.6) is 5.88 Å². The van der Waals surface area contributed by atoms with Crippen LogP contribution in [0.15, 0.2) is 30.5 Å². The Morgan fingerprint density at radius 2 is 2.12 bits per heavy atom. The summed E-state index contributed by atoms with van der Waals surface area (Å²) >= 11 is 0. The van der Waals surface area contributed by atoms with Gasteiger partial charge in [-0.2, -0.15) is 5.10 Å². The van der Waals surface area contributed by atoms with E-state index in [1.54, 1.807) is 7.11 Å². The van der Waals surface area contributed by atoms with Gasteiger partial charge >= 0.3 is 0 Å². The number of likely N-dealkylation sites (tertiary alicyclic amines) is 1. The Bertz CT molecular complexity index is 726. The highest BCUT2D eigenvalue weighted by Gasteiger charge is 2.41. The van der Waals surface area contributed by atoms with E-state index in [2.05, 4.69) is 38.1 Å². The molecule has 2 aliphatic rings. The van der Waals surface area contributed by atoms with Crippen molar-refractivity contribution in [3.63, 3.8) is 0 Å². The van der Waals surface area contributed by atoms with Gasteiger partial charge in [0.15, 0.2) is 0 Å². The smallest absolute Gasteiger partial charge is 0.213 e. The lowest BCUT2D eigenvalue weighted by molar-refractivity contribution is 0.0776. The van der Waals surface area contributed by atoms with Crippen LogP contribution in [-0.4, -0.2) is 45.9 Å². The molecule has 26 heavy (non-hydrogen) atoms. The van der Waals surface area contributed by atoms with E-state index in [0.29, 0.717) is 17.8 Å². The minimum Gasteiger partial charge on any atom is -0.481 e. The Morgan fingerprint density at radius 1 is 1.23 bits per heavy atom. The van der Waals surface area contributed by atoms with Crippen LogP contribution in [0.4, 0.5) is 0 Å². The van der Waals surface area contributed by atoms with Gasteiger partial charge in [0.05, 0.1) is 24.5 Å². The lowest BCUT2D eigenvalue weighted by Crippen LogP contribution is -2.44. The van der Waals surface area contributed by atoms with Crippen LogP contribution in [0.25, 0.3) is 0 Å². The van der Waals surface area contributed by atoms with E-state index in [1.165, 1.54) is 37.9 Å². The molecule has 2 aromatic rings. The normalized spacial score (nSPS) is 23.9. The molecule has 140 valence electrons.